The molecule has 3 amide bonds. The molecule has 0 atom stereocenters. The highest BCUT2D eigenvalue weighted by atomic mass is 32.1. The first kappa shape index (κ1) is 10.7. The molecule has 0 unspecified atom stereocenters. The summed E-state index contributed by atoms with van der Waals surface area (Å²) in [6, 6.07) is -0.271. The van der Waals surface area contributed by atoms with E-state index in [0.29, 0.717) is 6.54 Å². The highest BCUT2D eigenvalue weighted by Crippen LogP contribution is 2.39. The van der Waals surface area contributed by atoms with Crippen molar-refractivity contribution in [3.8, 4) is 0 Å². The third kappa shape index (κ3) is 1.55. The zero-order chi connectivity index (χ0) is 11.9. The van der Waals surface area contributed by atoms with Gasteiger partial charge in [-0.25, -0.2) is 9.78 Å². The van der Waals surface area contributed by atoms with Crippen molar-refractivity contribution in [2.75, 3.05) is 0 Å². The molecule has 5 nitrogen and oxygen atoms in total. The van der Waals surface area contributed by atoms with Crippen LogP contribution in [0.5, 0.6) is 0 Å². The average Bonchev–Trinajstić information content (AvgIpc) is 3.00. The molecule has 1 aromatic heterocycles. The Kier molecular flexibility index (Phi) is 2.39. The van der Waals surface area contributed by atoms with Gasteiger partial charge in [-0.2, -0.15) is 0 Å². The molecule has 1 saturated carbocycles. The molecule has 17 heavy (non-hydrogen) atoms. The van der Waals surface area contributed by atoms with Gasteiger partial charge in [0.05, 0.1) is 6.54 Å². The highest BCUT2D eigenvalue weighted by molar-refractivity contribution is 7.09. The Morgan fingerprint density at radius 2 is 2.18 bits per heavy atom. The Bertz CT molecular complexity index is 451. The lowest BCUT2D eigenvalue weighted by Crippen LogP contribution is -2.46. The number of aromatic nitrogens is 1. The van der Waals surface area contributed by atoms with Crippen LogP contribution in [0.1, 0.15) is 30.7 Å². The normalized spacial score (nSPS) is 22.5. The van der Waals surface area contributed by atoms with Crippen molar-refractivity contribution < 1.29 is 9.59 Å². The van der Waals surface area contributed by atoms with Gasteiger partial charge >= 0.3 is 6.03 Å². The van der Waals surface area contributed by atoms with Gasteiger partial charge in [0.1, 0.15) is 10.5 Å². The smallest absolute Gasteiger partial charge is 0.303 e. The van der Waals surface area contributed by atoms with Gasteiger partial charge < -0.3 is 4.90 Å². The van der Waals surface area contributed by atoms with Gasteiger partial charge in [0.15, 0.2) is 0 Å². The summed E-state index contributed by atoms with van der Waals surface area (Å²) in [5, 5.41) is 5.19. The second-order valence-corrected chi connectivity index (χ2v) is 5.49. The van der Waals surface area contributed by atoms with Gasteiger partial charge in [-0.05, 0) is 12.8 Å². The molecule has 0 aromatic carbocycles. The number of hydrogen-bond donors (Lipinski definition) is 1. The summed E-state index contributed by atoms with van der Waals surface area (Å²) in [6.07, 6.45) is 5.28. The van der Waals surface area contributed by atoms with Crippen LogP contribution in [0, 0.1) is 0 Å². The van der Waals surface area contributed by atoms with Crippen molar-refractivity contribution in [2.24, 2.45) is 0 Å². The van der Waals surface area contributed by atoms with Crippen molar-refractivity contribution in [1.82, 2.24) is 15.2 Å². The molecular weight excluding hydrogens is 238 g/mol. The van der Waals surface area contributed by atoms with E-state index in [2.05, 4.69) is 10.3 Å². The number of carbonyl (C=O) groups is 2. The monoisotopic (exact) mass is 251 g/mol. The van der Waals surface area contributed by atoms with Crippen LogP contribution in [0.25, 0.3) is 0 Å². The molecule has 90 valence electrons. The van der Waals surface area contributed by atoms with E-state index in [1.54, 1.807) is 11.1 Å². The highest BCUT2D eigenvalue weighted by Gasteiger charge is 2.54. The molecule has 2 fully saturated rings. The molecule has 1 N–H and O–H groups in total. The molecule has 0 radical (unpaired) electrons. The second kappa shape index (κ2) is 3.80. The number of nitrogens with zero attached hydrogens (tertiary/aromatic N) is 2. The predicted octanol–water partition coefficient (Wildman–Crippen LogP) is 1.51. The SMILES string of the molecule is O=C1NC(=O)C2(CCCC2)N1Cc1nccs1. The van der Waals surface area contributed by atoms with Gasteiger partial charge in [0.25, 0.3) is 5.91 Å². The summed E-state index contributed by atoms with van der Waals surface area (Å²) in [5.41, 5.74) is -0.594. The van der Waals surface area contributed by atoms with Crippen LogP contribution in [0.4, 0.5) is 4.79 Å². The Morgan fingerprint density at radius 1 is 1.41 bits per heavy atom. The maximum Gasteiger partial charge on any atom is 0.325 e. The Morgan fingerprint density at radius 3 is 2.82 bits per heavy atom. The molecule has 1 saturated heterocycles. The zero-order valence-electron chi connectivity index (χ0n) is 9.31. The van der Waals surface area contributed by atoms with Crippen LogP contribution >= 0.6 is 11.3 Å². The van der Waals surface area contributed by atoms with E-state index in [4.69, 9.17) is 0 Å². The summed E-state index contributed by atoms with van der Waals surface area (Å²) in [4.78, 5) is 29.6. The summed E-state index contributed by atoms with van der Waals surface area (Å²) in [5.74, 6) is -0.128. The van der Waals surface area contributed by atoms with Gasteiger partial charge in [-0.3, -0.25) is 10.1 Å². The molecule has 2 heterocycles. The summed E-state index contributed by atoms with van der Waals surface area (Å²) in [7, 11) is 0. The van der Waals surface area contributed by atoms with Crippen LogP contribution in [-0.2, 0) is 11.3 Å². The fourth-order valence-corrected chi connectivity index (χ4v) is 3.35. The fourth-order valence-electron chi connectivity index (χ4n) is 2.74. The number of amides is 3. The third-order valence-electron chi connectivity index (χ3n) is 3.61. The van der Waals surface area contributed by atoms with Gasteiger partial charge in [-0.15, -0.1) is 11.3 Å². The zero-order valence-corrected chi connectivity index (χ0v) is 10.1. The predicted molar refractivity (Wildman–Crippen MR) is 62.4 cm³/mol. The van der Waals surface area contributed by atoms with E-state index in [1.807, 2.05) is 5.38 Å². The van der Waals surface area contributed by atoms with Crippen molar-refractivity contribution in [3.05, 3.63) is 16.6 Å². The van der Waals surface area contributed by atoms with Crippen LogP contribution in [-0.4, -0.2) is 27.4 Å². The van der Waals surface area contributed by atoms with Crippen LogP contribution < -0.4 is 5.32 Å². The summed E-state index contributed by atoms with van der Waals surface area (Å²) in [6.45, 7) is 0.440. The standard InChI is InChI=1S/C11H13N3O2S/c15-9-11(3-1-2-4-11)14(10(16)13-9)7-8-12-5-6-17-8/h5-6H,1-4,7H2,(H,13,15,16). The first-order valence-electron chi connectivity index (χ1n) is 5.74. The van der Waals surface area contributed by atoms with Gasteiger partial charge in [0, 0.05) is 11.6 Å². The molecule has 2 aliphatic rings. The van der Waals surface area contributed by atoms with Crippen molar-refractivity contribution in [2.45, 2.75) is 37.8 Å². The van der Waals surface area contributed by atoms with Gasteiger partial charge in [0.2, 0.25) is 0 Å². The lowest BCUT2D eigenvalue weighted by molar-refractivity contribution is -0.126. The number of nitrogens with one attached hydrogen (secondary N) is 1. The number of rotatable bonds is 2. The minimum Gasteiger partial charge on any atom is -0.303 e. The largest absolute Gasteiger partial charge is 0.325 e. The van der Waals surface area contributed by atoms with Crippen molar-refractivity contribution in [1.29, 1.82) is 0 Å². The minimum atomic E-state index is -0.594. The van der Waals surface area contributed by atoms with Crippen molar-refractivity contribution in [3.63, 3.8) is 0 Å². The van der Waals surface area contributed by atoms with Gasteiger partial charge in [-0.1, -0.05) is 12.8 Å². The first-order chi connectivity index (χ1) is 8.22. The van der Waals surface area contributed by atoms with E-state index in [-0.39, 0.29) is 11.9 Å². The molecule has 1 aliphatic carbocycles. The number of thiazole rings is 1. The minimum absolute atomic E-state index is 0.128. The quantitative estimate of drug-likeness (QED) is 0.810. The number of carbonyl (C=O) groups excluding carboxylic acids is 2. The Labute approximate surface area is 103 Å². The second-order valence-electron chi connectivity index (χ2n) is 4.51. The lowest BCUT2D eigenvalue weighted by Gasteiger charge is -2.30. The third-order valence-corrected chi connectivity index (χ3v) is 4.38. The lowest BCUT2D eigenvalue weighted by atomic mass is 9.96. The molecule has 0 bridgehead atoms. The topological polar surface area (TPSA) is 62.3 Å². The maximum absolute atomic E-state index is 12.0. The van der Waals surface area contributed by atoms with E-state index in [0.717, 1.165) is 30.7 Å². The first-order valence-corrected chi connectivity index (χ1v) is 6.62. The average molecular weight is 251 g/mol. The molecule has 6 heteroatoms. The Balaban J connectivity index is 1.90. The van der Waals surface area contributed by atoms with E-state index in [9.17, 15) is 9.59 Å². The number of imide groups is 1. The molecule has 3 rings (SSSR count). The van der Waals surface area contributed by atoms with Crippen LogP contribution in [0.15, 0.2) is 11.6 Å². The van der Waals surface area contributed by atoms with Crippen LogP contribution in [0.3, 0.4) is 0 Å². The molecule has 1 spiro atoms. The Hall–Kier alpha value is -1.43. The number of hydrogen-bond acceptors (Lipinski definition) is 4. The van der Waals surface area contributed by atoms with Crippen LogP contribution in [0.2, 0.25) is 0 Å². The van der Waals surface area contributed by atoms with E-state index >= 15 is 0 Å². The maximum atomic E-state index is 12.0. The molecule has 1 aromatic rings. The molecule has 1 aliphatic heterocycles. The van der Waals surface area contributed by atoms with Crippen molar-refractivity contribution >= 4 is 23.3 Å². The van der Waals surface area contributed by atoms with E-state index < -0.39 is 5.54 Å². The summed E-state index contributed by atoms with van der Waals surface area (Å²) < 4.78 is 0. The molecular formula is C11H13N3O2S. The fraction of sp³-hybridized carbons (Fsp3) is 0.545. The number of urea groups is 1. The van der Waals surface area contributed by atoms with E-state index in [1.165, 1.54) is 11.3 Å². The summed E-state index contributed by atoms with van der Waals surface area (Å²) >= 11 is 1.51.